The number of hydrogen-bond acceptors (Lipinski definition) is 6. The number of benzene rings is 3. The summed E-state index contributed by atoms with van der Waals surface area (Å²) < 4.78 is 33.2. The Kier molecular flexibility index (Phi) is 7.77. The quantitative estimate of drug-likeness (QED) is 0.475. The van der Waals surface area contributed by atoms with Crippen LogP contribution in [0.5, 0.6) is 5.75 Å². The number of carbonyl (C=O) groups excluding carboxylic acids is 1. The molecular formula is C25H27N3O4S2. The van der Waals surface area contributed by atoms with Crippen molar-refractivity contribution in [1.29, 1.82) is 0 Å². The zero-order valence-electron chi connectivity index (χ0n) is 18.9. The number of anilines is 2. The van der Waals surface area contributed by atoms with Crippen LogP contribution in [0.15, 0.2) is 88.7 Å². The molecule has 1 fully saturated rings. The van der Waals surface area contributed by atoms with Crippen LogP contribution in [-0.4, -0.2) is 57.7 Å². The second-order valence-corrected chi connectivity index (χ2v) is 10.7. The molecule has 1 heterocycles. The number of ether oxygens (including phenoxy) is 1. The van der Waals surface area contributed by atoms with Gasteiger partial charge in [-0.3, -0.25) is 4.79 Å². The molecule has 0 atom stereocenters. The van der Waals surface area contributed by atoms with Gasteiger partial charge in [0.05, 0.1) is 23.4 Å². The number of thioether (sulfide) groups is 1. The topological polar surface area (TPSA) is 79.0 Å². The third-order valence-corrected chi connectivity index (χ3v) is 8.48. The standard InChI is InChI=1S/C25H27N3O4S2/c1-32-24-10-6-5-9-23(24)27-15-17-28(18-16-27)34(30,31)22-13-11-20(12-14-22)26-25(29)19-33-21-7-3-2-4-8-21/h2-14H,15-19H2,1H3,(H,26,29). The monoisotopic (exact) mass is 497 g/mol. The van der Waals surface area contributed by atoms with Gasteiger partial charge in [0.2, 0.25) is 15.9 Å². The number of para-hydroxylation sites is 2. The molecule has 4 rings (SSSR count). The maximum absolute atomic E-state index is 13.1. The van der Waals surface area contributed by atoms with Gasteiger partial charge in [-0.25, -0.2) is 8.42 Å². The summed E-state index contributed by atoms with van der Waals surface area (Å²) >= 11 is 1.45. The molecule has 3 aromatic rings. The number of carbonyl (C=O) groups is 1. The molecule has 3 aromatic carbocycles. The molecule has 1 aliphatic rings. The largest absolute Gasteiger partial charge is 0.495 e. The average molecular weight is 498 g/mol. The first-order valence-electron chi connectivity index (χ1n) is 10.9. The maximum atomic E-state index is 13.1. The van der Waals surface area contributed by atoms with Crippen molar-refractivity contribution < 1.29 is 17.9 Å². The molecule has 1 aliphatic heterocycles. The summed E-state index contributed by atoms with van der Waals surface area (Å²) in [7, 11) is -1.98. The first-order valence-corrected chi connectivity index (χ1v) is 13.4. The van der Waals surface area contributed by atoms with Crippen LogP contribution in [0.2, 0.25) is 0 Å². The molecule has 1 N–H and O–H groups in total. The van der Waals surface area contributed by atoms with Gasteiger partial charge in [0.15, 0.2) is 0 Å². The molecule has 9 heteroatoms. The van der Waals surface area contributed by atoms with Crippen LogP contribution in [-0.2, 0) is 14.8 Å². The fourth-order valence-corrected chi connectivity index (χ4v) is 5.92. The Labute approximate surface area is 204 Å². The van der Waals surface area contributed by atoms with Crippen molar-refractivity contribution in [2.75, 3.05) is 49.3 Å². The fourth-order valence-electron chi connectivity index (χ4n) is 3.78. The van der Waals surface area contributed by atoms with Crippen molar-refractivity contribution >= 4 is 39.1 Å². The Morgan fingerprint density at radius 3 is 2.24 bits per heavy atom. The molecule has 178 valence electrons. The summed E-state index contributed by atoms with van der Waals surface area (Å²) in [5.74, 6) is 0.913. The van der Waals surface area contributed by atoms with Crippen LogP contribution in [0.25, 0.3) is 0 Å². The van der Waals surface area contributed by atoms with Crippen molar-refractivity contribution in [3.63, 3.8) is 0 Å². The van der Waals surface area contributed by atoms with Crippen molar-refractivity contribution in [2.24, 2.45) is 0 Å². The van der Waals surface area contributed by atoms with Crippen molar-refractivity contribution in [3.8, 4) is 5.75 Å². The third-order valence-electron chi connectivity index (χ3n) is 5.55. The predicted molar refractivity (Wildman–Crippen MR) is 136 cm³/mol. The van der Waals surface area contributed by atoms with Gasteiger partial charge in [-0.1, -0.05) is 30.3 Å². The molecule has 0 aliphatic carbocycles. The average Bonchev–Trinajstić information content (AvgIpc) is 2.88. The number of amides is 1. The SMILES string of the molecule is COc1ccccc1N1CCN(S(=O)(=O)c2ccc(NC(=O)CSc3ccccc3)cc2)CC1. The van der Waals surface area contributed by atoms with Crippen LogP contribution in [0.3, 0.4) is 0 Å². The Bertz CT molecular complexity index is 1210. The molecule has 34 heavy (non-hydrogen) atoms. The molecule has 0 saturated carbocycles. The molecule has 0 unspecified atom stereocenters. The van der Waals surface area contributed by atoms with Gasteiger partial charge in [-0.05, 0) is 48.5 Å². The third kappa shape index (κ3) is 5.72. The minimum absolute atomic E-state index is 0.142. The van der Waals surface area contributed by atoms with E-state index < -0.39 is 10.0 Å². The number of nitrogens with zero attached hydrogens (tertiary/aromatic N) is 2. The Morgan fingerprint density at radius 1 is 0.912 bits per heavy atom. The second-order valence-electron chi connectivity index (χ2n) is 7.74. The predicted octanol–water partition coefficient (Wildman–Crippen LogP) is 3.94. The Morgan fingerprint density at radius 2 is 1.56 bits per heavy atom. The zero-order chi connectivity index (χ0) is 24.0. The minimum Gasteiger partial charge on any atom is -0.495 e. The first-order chi connectivity index (χ1) is 16.5. The maximum Gasteiger partial charge on any atom is 0.243 e. The van der Waals surface area contributed by atoms with E-state index in [2.05, 4.69) is 10.2 Å². The molecule has 0 radical (unpaired) electrons. The van der Waals surface area contributed by atoms with Crippen molar-refractivity contribution in [1.82, 2.24) is 4.31 Å². The second kappa shape index (κ2) is 10.9. The molecule has 0 bridgehead atoms. The van der Waals surface area contributed by atoms with Crippen LogP contribution >= 0.6 is 11.8 Å². The molecule has 0 aromatic heterocycles. The summed E-state index contributed by atoms with van der Waals surface area (Å²) in [6.45, 7) is 1.92. The summed E-state index contributed by atoms with van der Waals surface area (Å²) in [5.41, 5.74) is 1.53. The van der Waals surface area contributed by atoms with E-state index in [4.69, 9.17) is 4.74 Å². The summed E-state index contributed by atoms with van der Waals surface area (Å²) in [6, 6.07) is 23.8. The highest BCUT2D eigenvalue weighted by atomic mass is 32.2. The highest BCUT2D eigenvalue weighted by Gasteiger charge is 2.29. The highest BCUT2D eigenvalue weighted by Crippen LogP contribution is 2.29. The lowest BCUT2D eigenvalue weighted by atomic mass is 10.2. The number of rotatable bonds is 8. The van der Waals surface area contributed by atoms with Crippen molar-refractivity contribution in [2.45, 2.75) is 9.79 Å². The van der Waals surface area contributed by atoms with Gasteiger partial charge >= 0.3 is 0 Å². The lowest BCUT2D eigenvalue weighted by molar-refractivity contribution is -0.113. The van der Waals surface area contributed by atoms with E-state index in [1.54, 1.807) is 31.4 Å². The number of sulfonamides is 1. The van der Waals surface area contributed by atoms with E-state index >= 15 is 0 Å². The molecule has 7 nitrogen and oxygen atoms in total. The van der Waals surface area contributed by atoms with E-state index in [-0.39, 0.29) is 16.6 Å². The number of nitrogens with one attached hydrogen (secondary N) is 1. The lowest BCUT2D eigenvalue weighted by Gasteiger charge is -2.35. The van der Waals surface area contributed by atoms with Gasteiger partial charge < -0.3 is 15.0 Å². The summed E-state index contributed by atoms with van der Waals surface area (Å²) in [5, 5.41) is 2.82. The van der Waals surface area contributed by atoms with E-state index in [1.165, 1.54) is 16.1 Å². The Hall–Kier alpha value is -3.01. The molecule has 0 spiro atoms. The summed E-state index contributed by atoms with van der Waals surface area (Å²) in [4.78, 5) is 15.6. The van der Waals surface area contributed by atoms with Gasteiger partial charge in [-0.2, -0.15) is 4.31 Å². The normalized spacial score (nSPS) is 14.6. The number of piperazine rings is 1. The van der Waals surface area contributed by atoms with E-state index in [9.17, 15) is 13.2 Å². The molecular weight excluding hydrogens is 470 g/mol. The summed E-state index contributed by atoms with van der Waals surface area (Å²) in [6.07, 6.45) is 0. The van der Waals surface area contributed by atoms with Crippen LogP contribution in [0.4, 0.5) is 11.4 Å². The molecule has 1 saturated heterocycles. The number of methoxy groups -OCH3 is 1. The van der Waals surface area contributed by atoms with Crippen LogP contribution in [0.1, 0.15) is 0 Å². The van der Waals surface area contributed by atoms with Gasteiger partial charge in [-0.15, -0.1) is 11.8 Å². The minimum atomic E-state index is -3.62. The number of hydrogen-bond donors (Lipinski definition) is 1. The van der Waals surface area contributed by atoms with E-state index in [1.807, 2.05) is 54.6 Å². The van der Waals surface area contributed by atoms with Crippen LogP contribution < -0.4 is 15.0 Å². The van der Waals surface area contributed by atoms with Crippen LogP contribution in [0, 0.1) is 0 Å². The fraction of sp³-hybridized carbons (Fsp3) is 0.240. The van der Waals surface area contributed by atoms with E-state index in [0.29, 0.717) is 31.9 Å². The smallest absolute Gasteiger partial charge is 0.243 e. The zero-order valence-corrected chi connectivity index (χ0v) is 20.5. The van der Waals surface area contributed by atoms with Crippen molar-refractivity contribution in [3.05, 3.63) is 78.9 Å². The highest BCUT2D eigenvalue weighted by molar-refractivity contribution is 8.00. The van der Waals surface area contributed by atoms with Gasteiger partial charge in [0, 0.05) is 36.8 Å². The van der Waals surface area contributed by atoms with E-state index in [0.717, 1.165) is 16.3 Å². The van der Waals surface area contributed by atoms with Gasteiger partial charge in [0.1, 0.15) is 5.75 Å². The molecule has 1 amide bonds. The lowest BCUT2D eigenvalue weighted by Crippen LogP contribution is -2.48. The van der Waals surface area contributed by atoms with Gasteiger partial charge in [0.25, 0.3) is 0 Å². The Balaban J connectivity index is 1.33. The first kappa shape index (κ1) is 24.1.